The van der Waals surface area contributed by atoms with Crippen molar-refractivity contribution < 1.29 is 80.2 Å². The predicted molar refractivity (Wildman–Crippen MR) is 391 cm³/mol. The molecule has 0 aromatic heterocycles. The Morgan fingerprint density at radius 2 is 0.479 bits per heavy atom. The van der Waals surface area contributed by atoms with Crippen LogP contribution in [0.2, 0.25) is 0 Å². The van der Waals surface area contributed by atoms with E-state index >= 15 is 0 Å². The Labute approximate surface area is 588 Å². The third kappa shape index (κ3) is 70.5. The molecule has 0 aliphatic carbocycles. The monoisotopic (exact) mass is 1410 g/mol. The van der Waals surface area contributed by atoms with Gasteiger partial charge in [-0.1, -0.05) is 350 Å². The Morgan fingerprint density at radius 3 is 0.708 bits per heavy atom. The standard InChI is InChI=1S/C77H150O17P2/c1-7-9-11-13-15-17-19-21-23-28-32-36-40-47-53-59-74(79)87-65-72(93-76(81)61-56-50-42-38-34-30-26-25-27-31-35-39-45-51-57-69(3)4)67-91-95(83,84)89-63-71(78)64-90-96(85,86)92-68-73(66-88-75(80)60-54-48-44-43-46-52-58-70(5)6)94-77(82)62-55-49-41-37-33-29-24-22-20-18-16-14-12-10-8-2/h69-73,78H,7-68H2,1-6H3,(H,83,84)(H,85,86)/t71-,72-,73-/m1/s1. The zero-order valence-corrected chi connectivity index (χ0v) is 64.5. The lowest BCUT2D eigenvalue weighted by molar-refractivity contribution is -0.161. The Balaban J connectivity index is 5.23. The number of esters is 4. The highest BCUT2D eigenvalue weighted by molar-refractivity contribution is 7.47. The van der Waals surface area contributed by atoms with Gasteiger partial charge < -0.3 is 33.8 Å². The van der Waals surface area contributed by atoms with Crippen LogP contribution in [-0.2, 0) is 65.4 Å². The topological polar surface area (TPSA) is 237 Å². The fraction of sp³-hybridized carbons (Fsp3) is 0.948. The molecular weight excluding hydrogens is 1260 g/mol. The maximum Gasteiger partial charge on any atom is 0.472 e. The zero-order chi connectivity index (χ0) is 70.7. The van der Waals surface area contributed by atoms with Gasteiger partial charge in [0.25, 0.3) is 0 Å². The number of ether oxygens (including phenoxy) is 4. The average molecular weight is 1410 g/mol. The number of phosphoric acid groups is 2. The minimum absolute atomic E-state index is 0.107. The predicted octanol–water partition coefficient (Wildman–Crippen LogP) is 22.7. The molecule has 2 unspecified atom stereocenters. The van der Waals surface area contributed by atoms with Gasteiger partial charge in [0.05, 0.1) is 26.4 Å². The molecule has 0 saturated heterocycles. The van der Waals surface area contributed by atoms with Gasteiger partial charge >= 0.3 is 39.5 Å². The van der Waals surface area contributed by atoms with Crippen LogP contribution >= 0.6 is 15.6 Å². The van der Waals surface area contributed by atoms with Crippen LogP contribution in [0.5, 0.6) is 0 Å². The lowest BCUT2D eigenvalue weighted by Gasteiger charge is -2.21. The summed E-state index contributed by atoms with van der Waals surface area (Å²) in [5.41, 5.74) is 0. The first-order valence-electron chi connectivity index (χ1n) is 40.0. The van der Waals surface area contributed by atoms with E-state index in [1.165, 1.54) is 212 Å². The number of carbonyl (C=O) groups excluding carboxylic acids is 4. The molecule has 0 radical (unpaired) electrons. The third-order valence-electron chi connectivity index (χ3n) is 18.0. The average Bonchev–Trinajstić information content (AvgIpc) is 1.51. The molecule has 0 spiro atoms. The number of hydrogen-bond donors (Lipinski definition) is 3. The van der Waals surface area contributed by atoms with Gasteiger partial charge in [-0.2, -0.15) is 0 Å². The molecular formula is C77H150O17P2. The minimum Gasteiger partial charge on any atom is -0.462 e. The summed E-state index contributed by atoms with van der Waals surface area (Å²) in [6, 6.07) is 0. The first kappa shape index (κ1) is 94.1. The fourth-order valence-electron chi connectivity index (χ4n) is 11.8. The molecule has 570 valence electrons. The smallest absolute Gasteiger partial charge is 0.462 e. The van der Waals surface area contributed by atoms with Crippen LogP contribution < -0.4 is 0 Å². The van der Waals surface area contributed by atoms with Gasteiger partial charge in [-0.3, -0.25) is 37.3 Å². The second kappa shape index (κ2) is 68.8. The third-order valence-corrected chi connectivity index (χ3v) is 19.9. The molecule has 0 aliphatic rings. The van der Waals surface area contributed by atoms with Crippen LogP contribution in [0.15, 0.2) is 0 Å². The summed E-state index contributed by atoms with van der Waals surface area (Å²) < 4.78 is 68.6. The second-order valence-electron chi connectivity index (χ2n) is 28.7. The number of phosphoric ester groups is 2. The Kier molecular flexibility index (Phi) is 67.4. The molecule has 5 atom stereocenters. The molecule has 0 aromatic carbocycles. The lowest BCUT2D eigenvalue weighted by atomic mass is 10.0. The number of unbranched alkanes of at least 4 members (excludes halogenated alkanes) is 46. The molecule has 0 saturated carbocycles. The second-order valence-corrected chi connectivity index (χ2v) is 31.6. The summed E-state index contributed by atoms with van der Waals surface area (Å²) in [7, 11) is -9.91. The van der Waals surface area contributed by atoms with Gasteiger partial charge in [0.2, 0.25) is 0 Å². The van der Waals surface area contributed by atoms with Crippen molar-refractivity contribution in [1.82, 2.24) is 0 Å². The van der Waals surface area contributed by atoms with Crippen LogP contribution in [0, 0.1) is 11.8 Å². The fourth-order valence-corrected chi connectivity index (χ4v) is 13.4. The normalized spacial score (nSPS) is 14.0. The molecule has 17 nitrogen and oxygen atoms in total. The van der Waals surface area contributed by atoms with Crippen molar-refractivity contribution in [2.24, 2.45) is 11.8 Å². The molecule has 3 N–H and O–H groups in total. The maximum absolute atomic E-state index is 13.1. The molecule has 0 aliphatic heterocycles. The van der Waals surface area contributed by atoms with Gasteiger partial charge in [0.1, 0.15) is 19.3 Å². The maximum atomic E-state index is 13.1. The van der Waals surface area contributed by atoms with E-state index in [2.05, 4.69) is 41.5 Å². The number of rotatable bonds is 76. The van der Waals surface area contributed by atoms with Crippen molar-refractivity contribution >= 4 is 39.5 Å². The highest BCUT2D eigenvalue weighted by Gasteiger charge is 2.30. The Hall–Kier alpha value is -1.94. The van der Waals surface area contributed by atoms with E-state index in [9.17, 15) is 43.2 Å². The van der Waals surface area contributed by atoms with E-state index in [4.69, 9.17) is 37.0 Å². The van der Waals surface area contributed by atoms with Crippen LogP contribution in [0.3, 0.4) is 0 Å². The van der Waals surface area contributed by atoms with Gasteiger partial charge in [-0.25, -0.2) is 9.13 Å². The van der Waals surface area contributed by atoms with Crippen molar-refractivity contribution in [3.8, 4) is 0 Å². The van der Waals surface area contributed by atoms with Crippen LogP contribution in [0.1, 0.15) is 401 Å². The molecule has 0 fully saturated rings. The lowest BCUT2D eigenvalue weighted by Crippen LogP contribution is -2.30. The van der Waals surface area contributed by atoms with E-state index < -0.39 is 97.5 Å². The van der Waals surface area contributed by atoms with E-state index in [-0.39, 0.29) is 25.7 Å². The Bertz CT molecular complexity index is 1860. The molecule has 0 rings (SSSR count). The van der Waals surface area contributed by atoms with E-state index in [1.807, 2.05) is 0 Å². The van der Waals surface area contributed by atoms with Gasteiger partial charge in [0.15, 0.2) is 12.2 Å². The van der Waals surface area contributed by atoms with Gasteiger partial charge in [0, 0.05) is 25.7 Å². The SMILES string of the molecule is CCCCCCCCCCCCCCCCCC(=O)OC[C@H](COP(=O)(O)OC[C@@H](O)COP(=O)(O)OC[C@@H](COC(=O)CCCCCCCCC(C)C)OC(=O)CCCCCCCCCCCCCCCCC)OC(=O)CCCCCCCCCCCCCCCCC(C)C. The number of aliphatic hydroxyl groups is 1. The first-order chi connectivity index (χ1) is 46.4. The van der Waals surface area contributed by atoms with Gasteiger partial charge in [-0.15, -0.1) is 0 Å². The van der Waals surface area contributed by atoms with E-state index in [1.54, 1.807) is 0 Å². The molecule has 0 aromatic rings. The molecule has 0 heterocycles. The summed E-state index contributed by atoms with van der Waals surface area (Å²) in [5.74, 6) is -0.639. The molecule has 19 heteroatoms. The van der Waals surface area contributed by atoms with Crippen LogP contribution in [0.4, 0.5) is 0 Å². The Morgan fingerprint density at radius 1 is 0.281 bits per heavy atom. The minimum atomic E-state index is -4.96. The molecule has 0 amide bonds. The van der Waals surface area contributed by atoms with Crippen molar-refractivity contribution in [3.05, 3.63) is 0 Å². The van der Waals surface area contributed by atoms with E-state index in [0.29, 0.717) is 31.6 Å². The van der Waals surface area contributed by atoms with Crippen molar-refractivity contribution in [2.45, 2.75) is 419 Å². The highest BCUT2D eigenvalue weighted by atomic mass is 31.2. The van der Waals surface area contributed by atoms with Crippen molar-refractivity contribution in [3.63, 3.8) is 0 Å². The number of carbonyl (C=O) groups is 4. The first-order valence-corrected chi connectivity index (χ1v) is 43.0. The summed E-state index contributed by atoms with van der Waals surface area (Å²) in [6.45, 7) is 9.55. The van der Waals surface area contributed by atoms with Crippen LogP contribution in [-0.4, -0.2) is 96.7 Å². The number of aliphatic hydroxyl groups excluding tert-OH is 1. The summed E-state index contributed by atoms with van der Waals surface area (Å²) >= 11 is 0. The van der Waals surface area contributed by atoms with Crippen molar-refractivity contribution in [1.29, 1.82) is 0 Å². The zero-order valence-electron chi connectivity index (χ0n) is 62.7. The molecule has 96 heavy (non-hydrogen) atoms. The largest absolute Gasteiger partial charge is 0.472 e. The van der Waals surface area contributed by atoms with Gasteiger partial charge in [-0.05, 0) is 37.5 Å². The van der Waals surface area contributed by atoms with Crippen molar-refractivity contribution in [2.75, 3.05) is 39.6 Å². The highest BCUT2D eigenvalue weighted by Crippen LogP contribution is 2.45. The summed E-state index contributed by atoms with van der Waals surface area (Å²) in [5, 5.41) is 10.6. The summed E-state index contributed by atoms with van der Waals surface area (Å²) in [4.78, 5) is 72.8. The van der Waals surface area contributed by atoms with E-state index in [0.717, 1.165) is 102 Å². The molecule has 0 bridgehead atoms. The number of hydrogen-bond acceptors (Lipinski definition) is 15. The summed E-state index contributed by atoms with van der Waals surface area (Å²) in [6.07, 6.45) is 56.9. The quantitative estimate of drug-likeness (QED) is 0.0222. The van der Waals surface area contributed by atoms with Crippen LogP contribution in [0.25, 0.3) is 0 Å².